The van der Waals surface area contributed by atoms with E-state index in [0.29, 0.717) is 10.7 Å². The van der Waals surface area contributed by atoms with Crippen LogP contribution in [0.25, 0.3) is 0 Å². The van der Waals surface area contributed by atoms with Crippen molar-refractivity contribution in [3.8, 4) is 0 Å². The lowest BCUT2D eigenvalue weighted by molar-refractivity contribution is 0.142. The number of hydrogen-bond donors (Lipinski definition) is 1. The fraction of sp³-hybridized carbons (Fsp3) is 0.929. The van der Waals surface area contributed by atoms with Gasteiger partial charge in [-0.15, -0.1) is 0 Å². The highest BCUT2D eigenvalue weighted by atomic mass is 32.2. The lowest BCUT2D eigenvalue weighted by Gasteiger charge is -2.38. The second-order valence-corrected chi connectivity index (χ2v) is 7.74. The zero-order valence-corrected chi connectivity index (χ0v) is 13.0. The van der Waals surface area contributed by atoms with E-state index in [1.165, 1.54) is 31.1 Å². The van der Waals surface area contributed by atoms with Gasteiger partial charge in [-0.3, -0.25) is 4.99 Å². The zero-order chi connectivity index (χ0) is 13.2. The molecule has 4 heteroatoms. The zero-order valence-electron chi connectivity index (χ0n) is 12.2. The van der Waals surface area contributed by atoms with E-state index in [1.54, 1.807) is 0 Å². The molecule has 2 heterocycles. The molecule has 104 valence electrons. The van der Waals surface area contributed by atoms with Gasteiger partial charge < -0.3 is 10.2 Å². The van der Waals surface area contributed by atoms with Gasteiger partial charge in [0.05, 0.1) is 6.54 Å². The minimum Gasteiger partial charge on any atom is -0.364 e. The maximum absolute atomic E-state index is 4.63. The molecule has 1 saturated heterocycles. The first-order valence-electron chi connectivity index (χ1n) is 7.12. The van der Waals surface area contributed by atoms with Crippen LogP contribution >= 0.6 is 11.8 Å². The summed E-state index contributed by atoms with van der Waals surface area (Å²) < 4.78 is 0. The monoisotopic (exact) mass is 269 g/mol. The van der Waals surface area contributed by atoms with Gasteiger partial charge in [-0.05, 0) is 44.3 Å². The van der Waals surface area contributed by atoms with Crippen molar-refractivity contribution in [3.05, 3.63) is 0 Å². The van der Waals surface area contributed by atoms with Crippen molar-refractivity contribution in [3.63, 3.8) is 0 Å². The molecule has 3 nitrogen and oxygen atoms in total. The summed E-state index contributed by atoms with van der Waals surface area (Å²) in [6, 6.07) is 0. The average molecular weight is 269 g/mol. The summed E-state index contributed by atoms with van der Waals surface area (Å²) in [5, 5.41) is 5.44. The summed E-state index contributed by atoms with van der Waals surface area (Å²) in [4.78, 5) is 7.06. The molecule has 0 amide bonds. The molecule has 18 heavy (non-hydrogen) atoms. The fourth-order valence-corrected chi connectivity index (χ4v) is 3.47. The van der Waals surface area contributed by atoms with E-state index >= 15 is 0 Å². The fourth-order valence-electron chi connectivity index (χ4n) is 2.46. The Labute approximate surface area is 116 Å². The second kappa shape index (κ2) is 5.83. The summed E-state index contributed by atoms with van der Waals surface area (Å²) in [7, 11) is 2.22. The van der Waals surface area contributed by atoms with Crippen LogP contribution in [0.5, 0.6) is 0 Å². The van der Waals surface area contributed by atoms with Crippen molar-refractivity contribution in [1.82, 2.24) is 10.2 Å². The molecule has 1 N–H and O–H groups in total. The smallest absolute Gasteiger partial charge is 0.156 e. The predicted molar refractivity (Wildman–Crippen MR) is 81.4 cm³/mol. The van der Waals surface area contributed by atoms with Crippen LogP contribution in [0.4, 0.5) is 0 Å². The van der Waals surface area contributed by atoms with Crippen LogP contribution in [0.3, 0.4) is 0 Å². The lowest BCUT2D eigenvalue weighted by Crippen LogP contribution is -2.42. The molecule has 0 aromatic carbocycles. The number of nitrogens with one attached hydrogen (secondary N) is 1. The number of hydrogen-bond acceptors (Lipinski definition) is 4. The third kappa shape index (κ3) is 3.64. The molecular weight excluding hydrogens is 242 g/mol. The quantitative estimate of drug-likeness (QED) is 0.853. The Bertz CT molecular complexity index is 306. The van der Waals surface area contributed by atoms with Crippen LogP contribution in [-0.2, 0) is 0 Å². The second-order valence-electron chi connectivity index (χ2n) is 6.51. The number of rotatable bonds is 3. The van der Waals surface area contributed by atoms with Crippen LogP contribution < -0.4 is 5.32 Å². The molecule has 1 unspecified atom stereocenters. The van der Waals surface area contributed by atoms with Gasteiger partial charge in [-0.2, -0.15) is 0 Å². The molecule has 0 saturated carbocycles. The number of piperidine rings is 1. The van der Waals surface area contributed by atoms with Crippen LogP contribution in [0.2, 0.25) is 0 Å². The highest BCUT2D eigenvalue weighted by Crippen LogP contribution is 2.31. The summed E-state index contributed by atoms with van der Waals surface area (Å²) in [5.74, 6) is 0.719. The van der Waals surface area contributed by atoms with E-state index in [2.05, 4.69) is 43.0 Å². The summed E-state index contributed by atoms with van der Waals surface area (Å²) in [5.41, 5.74) is 0.450. The lowest BCUT2D eigenvalue weighted by atomic mass is 9.80. The van der Waals surface area contributed by atoms with Crippen LogP contribution in [0.1, 0.15) is 33.6 Å². The predicted octanol–water partition coefficient (Wildman–Crippen LogP) is 2.44. The molecular formula is C14H27N3S. The third-order valence-corrected chi connectivity index (χ3v) is 5.77. The minimum atomic E-state index is 0.450. The Morgan fingerprint density at radius 2 is 2.11 bits per heavy atom. The number of nitrogens with zero attached hydrogens (tertiary/aromatic N) is 2. The Morgan fingerprint density at radius 1 is 1.44 bits per heavy atom. The van der Waals surface area contributed by atoms with Crippen molar-refractivity contribution in [2.24, 2.45) is 16.3 Å². The van der Waals surface area contributed by atoms with E-state index in [4.69, 9.17) is 0 Å². The minimum absolute atomic E-state index is 0.450. The number of likely N-dealkylation sites (tertiary alicyclic amines) is 1. The molecule has 0 aliphatic carbocycles. The molecule has 2 rings (SSSR count). The number of aliphatic imine (C=N–C) groups is 1. The summed E-state index contributed by atoms with van der Waals surface area (Å²) in [6.45, 7) is 11.5. The molecule has 2 aliphatic rings. The topological polar surface area (TPSA) is 27.6 Å². The van der Waals surface area contributed by atoms with Crippen molar-refractivity contribution >= 4 is 16.9 Å². The van der Waals surface area contributed by atoms with Gasteiger partial charge in [0.25, 0.3) is 0 Å². The van der Waals surface area contributed by atoms with E-state index in [-0.39, 0.29) is 0 Å². The summed E-state index contributed by atoms with van der Waals surface area (Å²) >= 11 is 1.94. The first-order chi connectivity index (χ1) is 8.48. The average Bonchev–Trinajstić information content (AvgIpc) is 2.80. The molecule has 0 aromatic rings. The van der Waals surface area contributed by atoms with Gasteiger partial charge in [-0.25, -0.2) is 0 Å². The third-order valence-electron chi connectivity index (χ3n) is 4.28. The molecule has 1 atom stereocenters. The van der Waals surface area contributed by atoms with Crippen molar-refractivity contribution < 1.29 is 0 Å². The molecule has 0 spiro atoms. The molecule has 0 bridgehead atoms. The Kier molecular flexibility index (Phi) is 4.59. The van der Waals surface area contributed by atoms with E-state index in [0.717, 1.165) is 19.0 Å². The van der Waals surface area contributed by atoms with Gasteiger partial charge >= 0.3 is 0 Å². The Morgan fingerprint density at radius 3 is 2.67 bits per heavy atom. The van der Waals surface area contributed by atoms with Gasteiger partial charge in [0.1, 0.15) is 0 Å². The maximum atomic E-state index is 4.63. The molecule has 0 radical (unpaired) electrons. The molecule has 2 aliphatic heterocycles. The highest BCUT2D eigenvalue weighted by Gasteiger charge is 2.30. The Hall–Kier alpha value is -0.220. The van der Waals surface area contributed by atoms with Crippen LogP contribution in [0, 0.1) is 11.3 Å². The largest absolute Gasteiger partial charge is 0.364 e. The standard InChI is InChI=1S/C14H27N3S/c1-11(2)12-9-15-13(18-12)16-10-14(3)5-7-17(4)8-6-14/h11-12H,5-10H2,1-4H3,(H,15,16). The normalized spacial score (nSPS) is 28.5. The first kappa shape index (κ1) is 14.2. The Balaban J connectivity index is 1.75. The number of amidine groups is 1. The van der Waals surface area contributed by atoms with Crippen molar-refractivity contribution in [2.75, 3.05) is 33.2 Å². The van der Waals surface area contributed by atoms with E-state index in [1.807, 2.05) is 11.8 Å². The number of thioether (sulfide) groups is 1. The van der Waals surface area contributed by atoms with E-state index in [9.17, 15) is 0 Å². The van der Waals surface area contributed by atoms with Crippen molar-refractivity contribution in [2.45, 2.75) is 38.9 Å². The van der Waals surface area contributed by atoms with E-state index < -0.39 is 0 Å². The SMILES string of the molecule is CC(C)C1CN=C(NCC2(C)CCN(C)CC2)S1. The van der Waals surface area contributed by atoms with Gasteiger partial charge in [0, 0.05) is 11.8 Å². The molecule has 1 fully saturated rings. The maximum Gasteiger partial charge on any atom is 0.156 e. The van der Waals surface area contributed by atoms with Gasteiger partial charge in [0.2, 0.25) is 0 Å². The first-order valence-corrected chi connectivity index (χ1v) is 8.00. The molecule has 0 aromatic heterocycles. The van der Waals surface area contributed by atoms with Gasteiger partial charge in [0.15, 0.2) is 5.17 Å². The summed E-state index contributed by atoms with van der Waals surface area (Å²) in [6.07, 6.45) is 2.59. The van der Waals surface area contributed by atoms with Crippen molar-refractivity contribution in [1.29, 1.82) is 0 Å². The van der Waals surface area contributed by atoms with Gasteiger partial charge in [-0.1, -0.05) is 32.5 Å². The highest BCUT2D eigenvalue weighted by molar-refractivity contribution is 8.14. The van der Waals surface area contributed by atoms with Crippen LogP contribution in [-0.4, -0.2) is 48.5 Å². The van der Waals surface area contributed by atoms with Crippen LogP contribution in [0.15, 0.2) is 4.99 Å².